The molecule has 0 radical (unpaired) electrons. The zero-order valence-electron chi connectivity index (χ0n) is 23.6. The second kappa shape index (κ2) is 10.4. The number of aliphatic hydroxyl groups is 1. The number of aryl methyl sites for hydroxylation is 2. The van der Waals surface area contributed by atoms with E-state index >= 15 is 0 Å². The molecule has 2 N–H and O–H groups in total. The second-order valence-electron chi connectivity index (χ2n) is 12.1. The van der Waals surface area contributed by atoms with Crippen LogP contribution in [0.1, 0.15) is 88.0 Å². The molecule has 0 aliphatic heterocycles. The Labute approximate surface area is 246 Å². The van der Waals surface area contributed by atoms with Gasteiger partial charge in [-0.1, -0.05) is 23.4 Å². The summed E-state index contributed by atoms with van der Waals surface area (Å²) in [6, 6.07) is 8.49. The maximum absolute atomic E-state index is 14.7. The van der Waals surface area contributed by atoms with Gasteiger partial charge in [0, 0.05) is 11.5 Å². The van der Waals surface area contributed by atoms with Crippen LogP contribution in [0.3, 0.4) is 0 Å². The summed E-state index contributed by atoms with van der Waals surface area (Å²) >= 11 is 1.19. The molecular formula is C32H33FN2O6S. The van der Waals surface area contributed by atoms with Crippen LogP contribution in [0.2, 0.25) is 0 Å². The number of hydrogen-bond donors (Lipinski definition) is 2. The van der Waals surface area contributed by atoms with Gasteiger partial charge in [-0.25, -0.2) is 14.2 Å². The van der Waals surface area contributed by atoms with Crippen molar-refractivity contribution >= 4 is 27.5 Å². The number of carboxylic acids is 1. The summed E-state index contributed by atoms with van der Waals surface area (Å²) in [5, 5.41) is 26.1. The number of hydrogen-bond acceptors (Lipinski definition) is 8. The number of aromatic carboxylic acids is 1. The molecule has 7 rings (SSSR count). The Hall–Kier alpha value is -3.34. The van der Waals surface area contributed by atoms with Gasteiger partial charge in [-0.05, 0) is 87.5 Å². The van der Waals surface area contributed by atoms with Crippen LogP contribution in [0.4, 0.5) is 4.39 Å². The van der Waals surface area contributed by atoms with E-state index < -0.39 is 17.4 Å². The van der Waals surface area contributed by atoms with Crippen LogP contribution in [0.15, 0.2) is 34.9 Å². The molecule has 4 atom stereocenters. The quantitative estimate of drug-likeness (QED) is 0.218. The van der Waals surface area contributed by atoms with Gasteiger partial charge in [-0.3, -0.25) is 0 Å². The highest BCUT2D eigenvalue weighted by atomic mass is 32.1. The number of nitrogens with zero attached hydrogens (tertiary/aromatic N) is 2. The molecule has 2 aromatic heterocycles. The number of rotatable bonds is 9. The first-order chi connectivity index (χ1) is 20.2. The number of fused-ring (bicyclic) bond motifs is 3. The molecule has 3 fully saturated rings. The number of carboxylic acid groups (broad SMARTS) is 1. The van der Waals surface area contributed by atoms with Crippen LogP contribution in [0.25, 0.3) is 10.2 Å². The van der Waals surface area contributed by atoms with E-state index in [1.54, 1.807) is 0 Å². The smallest absolute Gasteiger partial charge is 0.335 e. The predicted molar refractivity (Wildman–Crippen MR) is 153 cm³/mol. The van der Waals surface area contributed by atoms with E-state index in [1.807, 2.05) is 32.0 Å². The number of thiazole rings is 1. The number of halogens is 1. The fourth-order valence-electron chi connectivity index (χ4n) is 6.93. The Morgan fingerprint density at radius 2 is 1.83 bits per heavy atom. The summed E-state index contributed by atoms with van der Waals surface area (Å²) in [6.07, 6.45) is 5.08. The molecule has 2 heterocycles. The molecule has 0 saturated heterocycles. The normalized spacial score (nSPS) is 25.3. The standard InChI is InChI=1S/C32H33FN2O6S/c1-16-4-3-5-17(2)28(16)40-15-25-23(29(41-35-25)18-6-7-18)14-39-22-12-20-8-9-21(13-22)32(20,38)31-34-27-24(33)10-19(30(36)37)11-26(27)42-31/h3-5,10-11,18,20-22,38H,6-9,12-15H2,1-2H3,(H,36,37)/t20-,21+,22?,32?. The van der Waals surface area contributed by atoms with Crippen molar-refractivity contribution in [3.05, 3.63) is 74.9 Å². The van der Waals surface area contributed by atoms with Gasteiger partial charge in [0.1, 0.15) is 39.9 Å². The summed E-state index contributed by atoms with van der Waals surface area (Å²) in [7, 11) is 0. The SMILES string of the molecule is Cc1cccc(C)c1OCc1noc(C2CC2)c1COC1C[C@H]2CC[C@@H](C1)C2(O)c1nc2c(F)cc(C(=O)O)cc2s1. The van der Waals surface area contributed by atoms with Crippen molar-refractivity contribution in [2.75, 3.05) is 0 Å². The molecule has 2 aromatic carbocycles. The molecule has 42 heavy (non-hydrogen) atoms. The lowest BCUT2D eigenvalue weighted by Gasteiger charge is -2.41. The molecule has 8 nitrogen and oxygen atoms in total. The predicted octanol–water partition coefficient (Wildman–Crippen LogP) is 6.79. The van der Waals surface area contributed by atoms with Crippen LogP contribution in [0.5, 0.6) is 5.75 Å². The van der Waals surface area contributed by atoms with Gasteiger partial charge in [0.25, 0.3) is 0 Å². The molecule has 0 spiro atoms. The van der Waals surface area contributed by atoms with Crippen LogP contribution in [-0.2, 0) is 23.6 Å². The van der Waals surface area contributed by atoms with Gasteiger partial charge in [0.15, 0.2) is 5.82 Å². The third kappa shape index (κ3) is 4.69. The minimum absolute atomic E-state index is 0.0539. The summed E-state index contributed by atoms with van der Waals surface area (Å²) < 4.78 is 33.6. The van der Waals surface area contributed by atoms with Gasteiger partial charge in [0.2, 0.25) is 0 Å². The maximum Gasteiger partial charge on any atom is 0.335 e. The average Bonchev–Trinajstić information content (AvgIpc) is 3.54. The molecular weight excluding hydrogens is 559 g/mol. The fourth-order valence-corrected chi connectivity index (χ4v) is 8.20. The Kier molecular flexibility index (Phi) is 6.83. The lowest BCUT2D eigenvalue weighted by Crippen LogP contribution is -2.44. The minimum Gasteiger partial charge on any atom is -0.487 e. The average molecular weight is 593 g/mol. The van der Waals surface area contributed by atoms with Crippen molar-refractivity contribution in [2.24, 2.45) is 11.8 Å². The van der Waals surface area contributed by atoms with Crippen molar-refractivity contribution in [3.8, 4) is 5.75 Å². The van der Waals surface area contributed by atoms with Crippen LogP contribution >= 0.6 is 11.3 Å². The number of benzene rings is 2. The monoisotopic (exact) mass is 592 g/mol. The number of aromatic nitrogens is 2. The van der Waals surface area contributed by atoms with E-state index in [0.29, 0.717) is 41.7 Å². The topological polar surface area (TPSA) is 115 Å². The fraction of sp³-hybridized carbons (Fsp3) is 0.469. The first-order valence-electron chi connectivity index (χ1n) is 14.6. The van der Waals surface area contributed by atoms with Gasteiger partial charge in [0.05, 0.1) is 23.0 Å². The first-order valence-corrected chi connectivity index (χ1v) is 15.4. The van der Waals surface area contributed by atoms with Crippen molar-refractivity contribution in [2.45, 2.75) is 83.2 Å². The van der Waals surface area contributed by atoms with Crippen molar-refractivity contribution in [3.63, 3.8) is 0 Å². The molecule has 3 aliphatic carbocycles. The zero-order valence-corrected chi connectivity index (χ0v) is 24.4. The van der Waals surface area contributed by atoms with Crippen molar-refractivity contribution < 1.29 is 33.4 Å². The van der Waals surface area contributed by atoms with E-state index in [9.17, 15) is 19.4 Å². The van der Waals surface area contributed by atoms with Gasteiger partial charge >= 0.3 is 5.97 Å². The Bertz CT molecular complexity index is 1640. The Morgan fingerprint density at radius 1 is 1.12 bits per heavy atom. The summed E-state index contributed by atoms with van der Waals surface area (Å²) in [5.41, 5.74) is 2.67. The summed E-state index contributed by atoms with van der Waals surface area (Å²) in [4.78, 5) is 15.9. The van der Waals surface area contributed by atoms with Gasteiger partial charge < -0.3 is 24.2 Å². The summed E-state index contributed by atoms with van der Waals surface area (Å²) in [6.45, 7) is 4.73. The first kappa shape index (κ1) is 27.5. The Balaban J connectivity index is 1.07. The van der Waals surface area contributed by atoms with Gasteiger partial charge in [-0.2, -0.15) is 0 Å². The Morgan fingerprint density at radius 3 is 2.50 bits per heavy atom. The molecule has 0 amide bonds. The van der Waals surface area contributed by atoms with E-state index in [-0.39, 0.29) is 29.0 Å². The highest BCUT2D eigenvalue weighted by Crippen LogP contribution is 2.57. The largest absolute Gasteiger partial charge is 0.487 e. The van der Waals surface area contributed by atoms with Gasteiger partial charge in [-0.15, -0.1) is 11.3 Å². The van der Waals surface area contributed by atoms with E-state index in [0.717, 1.165) is 65.6 Å². The molecule has 4 aromatic rings. The van der Waals surface area contributed by atoms with Crippen LogP contribution in [-0.4, -0.2) is 32.4 Å². The molecule has 10 heteroatoms. The molecule has 3 saturated carbocycles. The lowest BCUT2D eigenvalue weighted by atomic mass is 9.73. The van der Waals surface area contributed by atoms with E-state index in [4.69, 9.17) is 14.0 Å². The number of ether oxygens (including phenoxy) is 2. The molecule has 220 valence electrons. The number of carbonyl (C=O) groups is 1. The third-order valence-corrected chi connectivity index (χ3v) is 10.5. The van der Waals surface area contributed by atoms with Crippen LogP contribution < -0.4 is 4.74 Å². The third-order valence-electron chi connectivity index (χ3n) is 9.31. The van der Waals surface area contributed by atoms with Crippen LogP contribution in [0, 0.1) is 31.5 Å². The highest BCUT2D eigenvalue weighted by molar-refractivity contribution is 7.18. The van der Waals surface area contributed by atoms with E-state index in [1.165, 1.54) is 17.4 Å². The van der Waals surface area contributed by atoms with Crippen molar-refractivity contribution in [1.82, 2.24) is 10.1 Å². The lowest BCUT2D eigenvalue weighted by molar-refractivity contribution is -0.116. The molecule has 2 bridgehead atoms. The second-order valence-corrected chi connectivity index (χ2v) is 13.1. The maximum atomic E-state index is 14.7. The van der Waals surface area contributed by atoms with Crippen molar-refractivity contribution in [1.29, 1.82) is 0 Å². The number of para-hydroxylation sites is 1. The molecule has 2 unspecified atom stereocenters. The minimum atomic E-state index is -1.19. The molecule has 3 aliphatic rings. The highest BCUT2D eigenvalue weighted by Gasteiger charge is 2.56. The summed E-state index contributed by atoms with van der Waals surface area (Å²) in [5.74, 6) is 0.0821. The zero-order chi connectivity index (χ0) is 29.2. The van der Waals surface area contributed by atoms with E-state index in [2.05, 4.69) is 10.1 Å².